The maximum atomic E-state index is 13.3. The van der Waals surface area contributed by atoms with E-state index in [1.54, 1.807) is 54.6 Å². The van der Waals surface area contributed by atoms with Gasteiger partial charge in [0.1, 0.15) is 0 Å². The van der Waals surface area contributed by atoms with E-state index in [4.69, 9.17) is 0 Å². The Morgan fingerprint density at radius 3 is 2.09 bits per heavy atom. The van der Waals surface area contributed by atoms with E-state index in [0.717, 1.165) is 23.2 Å². The van der Waals surface area contributed by atoms with Gasteiger partial charge in [-0.3, -0.25) is 13.9 Å². The minimum Gasteiger partial charge on any atom is -0.378 e. The molecule has 0 atom stereocenters. The molecule has 2 amide bonds. The number of nitrogens with one attached hydrogen (secondary N) is 2. The van der Waals surface area contributed by atoms with Gasteiger partial charge in [-0.1, -0.05) is 23.8 Å². The summed E-state index contributed by atoms with van der Waals surface area (Å²) in [5.74, 6) is -1.66. The van der Waals surface area contributed by atoms with Crippen LogP contribution in [0.3, 0.4) is 0 Å². The average Bonchev–Trinajstić information content (AvgIpc) is 2.84. The first-order valence-electron chi connectivity index (χ1n) is 11.3. The van der Waals surface area contributed by atoms with E-state index in [9.17, 15) is 18.0 Å². The lowest BCUT2D eigenvalue weighted by molar-refractivity contribution is -0.132. The van der Waals surface area contributed by atoms with Crippen LogP contribution in [0.2, 0.25) is 0 Å². The van der Waals surface area contributed by atoms with Crippen LogP contribution < -0.4 is 19.8 Å². The molecule has 8 nitrogen and oxygen atoms in total. The number of hydrogen-bond acceptors (Lipinski definition) is 5. The second-order valence-corrected chi connectivity index (χ2v) is 10.5. The predicted molar refractivity (Wildman–Crippen MR) is 139 cm³/mol. The number of anilines is 4. The first-order chi connectivity index (χ1) is 16.6. The van der Waals surface area contributed by atoms with Crippen LogP contribution in [-0.2, 0) is 26.0 Å². The Bertz CT molecular complexity index is 1350. The Labute approximate surface area is 205 Å². The van der Waals surface area contributed by atoms with Gasteiger partial charge < -0.3 is 15.5 Å². The molecule has 0 aromatic heterocycles. The largest absolute Gasteiger partial charge is 0.378 e. The van der Waals surface area contributed by atoms with Crippen LogP contribution in [0.25, 0.3) is 0 Å². The number of nitrogens with zero attached hydrogens (tertiary/aromatic N) is 2. The molecule has 0 aliphatic carbocycles. The highest BCUT2D eigenvalue weighted by molar-refractivity contribution is 7.92. The zero-order chi connectivity index (χ0) is 25.2. The van der Waals surface area contributed by atoms with Gasteiger partial charge in [0.15, 0.2) is 0 Å². The molecule has 182 valence electrons. The van der Waals surface area contributed by atoms with Gasteiger partial charge in [-0.15, -0.1) is 0 Å². The van der Waals surface area contributed by atoms with Crippen molar-refractivity contribution in [2.45, 2.75) is 24.7 Å². The number of hydrogen-bond donors (Lipinski definition) is 2. The fourth-order valence-electron chi connectivity index (χ4n) is 3.92. The van der Waals surface area contributed by atoms with Crippen LogP contribution in [0.5, 0.6) is 0 Å². The summed E-state index contributed by atoms with van der Waals surface area (Å²) >= 11 is 0. The van der Waals surface area contributed by atoms with Crippen LogP contribution in [0.4, 0.5) is 22.7 Å². The lowest BCUT2D eigenvalue weighted by Crippen LogP contribution is -2.35. The van der Waals surface area contributed by atoms with Crippen LogP contribution in [0.15, 0.2) is 71.6 Å². The highest BCUT2D eigenvalue weighted by atomic mass is 32.2. The Morgan fingerprint density at radius 2 is 1.46 bits per heavy atom. The summed E-state index contributed by atoms with van der Waals surface area (Å²) in [4.78, 5) is 27.1. The minimum absolute atomic E-state index is 0.213. The lowest BCUT2D eigenvalue weighted by atomic mass is 10.0. The van der Waals surface area contributed by atoms with E-state index in [2.05, 4.69) is 10.6 Å². The molecule has 35 heavy (non-hydrogen) atoms. The molecule has 0 unspecified atom stereocenters. The zero-order valence-corrected chi connectivity index (χ0v) is 20.7. The van der Waals surface area contributed by atoms with E-state index in [1.807, 2.05) is 38.1 Å². The van der Waals surface area contributed by atoms with E-state index in [0.29, 0.717) is 30.0 Å². The smallest absolute Gasteiger partial charge is 0.314 e. The zero-order valence-electron chi connectivity index (χ0n) is 19.9. The summed E-state index contributed by atoms with van der Waals surface area (Å²) in [6.45, 7) is 2.24. The fourth-order valence-corrected chi connectivity index (χ4v) is 5.46. The maximum absolute atomic E-state index is 13.3. The van der Waals surface area contributed by atoms with Crippen molar-refractivity contribution in [1.29, 1.82) is 0 Å². The third-order valence-electron chi connectivity index (χ3n) is 5.88. The molecule has 9 heteroatoms. The fraction of sp³-hybridized carbons (Fsp3) is 0.231. The summed E-state index contributed by atoms with van der Waals surface area (Å²) in [5, 5.41) is 5.15. The molecule has 3 aromatic rings. The van der Waals surface area contributed by atoms with Crippen molar-refractivity contribution in [1.82, 2.24) is 0 Å². The van der Waals surface area contributed by atoms with Crippen molar-refractivity contribution >= 4 is 44.6 Å². The van der Waals surface area contributed by atoms with E-state index in [-0.39, 0.29) is 4.90 Å². The van der Waals surface area contributed by atoms with Crippen molar-refractivity contribution < 1.29 is 18.0 Å². The molecular weight excluding hydrogens is 464 g/mol. The molecule has 1 heterocycles. The second-order valence-electron chi connectivity index (χ2n) is 8.69. The number of carbonyl (C=O) groups is 2. The number of aryl methyl sites for hydroxylation is 2. The third-order valence-corrected chi connectivity index (χ3v) is 7.70. The normalized spacial score (nSPS) is 13.1. The van der Waals surface area contributed by atoms with Gasteiger partial charge in [0.2, 0.25) is 0 Å². The summed E-state index contributed by atoms with van der Waals surface area (Å²) in [5.41, 5.74) is 4.16. The number of amides is 2. The minimum atomic E-state index is -3.77. The molecule has 0 fully saturated rings. The standard InChI is InChI=1S/C26H28N4O4S/c1-18-6-14-23(15-7-18)35(33,34)30-16-4-5-19-8-9-21(17-24(19)30)28-26(32)25(31)27-20-10-12-22(13-11-20)29(2)3/h6-15,17H,4-5,16H2,1-3H3,(H,27,31)(H,28,32). The Morgan fingerprint density at radius 1 is 0.857 bits per heavy atom. The topological polar surface area (TPSA) is 98.8 Å². The Balaban J connectivity index is 1.51. The molecule has 0 saturated heterocycles. The van der Waals surface area contributed by atoms with Crippen molar-refractivity contribution in [3.63, 3.8) is 0 Å². The maximum Gasteiger partial charge on any atom is 0.314 e. The van der Waals surface area contributed by atoms with Crippen molar-refractivity contribution in [2.75, 3.05) is 40.5 Å². The number of benzene rings is 3. The molecular formula is C26H28N4O4S. The van der Waals surface area contributed by atoms with Crippen LogP contribution in [0, 0.1) is 6.92 Å². The summed E-state index contributed by atoms with van der Waals surface area (Å²) < 4.78 is 28.1. The van der Waals surface area contributed by atoms with E-state index < -0.39 is 21.8 Å². The molecule has 0 radical (unpaired) electrons. The highest BCUT2D eigenvalue weighted by Gasteiger charge is 2.29. The molecule has 4 rings (SSSR count). The molecule has 0 bridgehead atoms. The molecule has 3 aromatic carbocycles. The summed E-state index contributed by atoms with van der Waals surface area (Å²) in [7, 11) is 0.0527. The first kappa shape index (κ1) is 24.3. The molecule has 1 aliphatic rings. The third kappa shape index (κ3) is 5.30. The Hall–Kier alpha value is -3.85. The second kappa shape index (κ2) is 9.79. The summed E-state index contributed by atoms with van der Waals surface area (Å²) in [6.07, 6.45) is 1.42. The van der Waals surface area contributed by atoms with Crippen molar-refractivity contribution in [3.8, 4) is 0 Å². The van der Waals surface area contributed by atoms with Gasteiger partial charge in [-0.25, -0.2) is 8.42 Å². The van der Waals surface area contributed by atoms with Crippen LogP contribution >= 0.6 is 0 Å². The molecule has 0 saturated carbocycles. The lowest BCUT2D eigenvalue weighted by Gasteiger charge is -2.31. The average molecular weight is 493 g/mol. The van der Waals surface area contributed by atoms with E-state index >= 15 is 0 Å². The van der Waals surface area contributed by atoms with Gasteiger partial charge in [0.25, 0.3) is 10.0 Å². The van der Waals surface area contributed by atoms with Gasteiger partial charge in [0, 0.05) is 37.7 Å². The predicted octanol–water partition coefficient (Wildman–Crippen LogP) is 3.78. The van der Waals surface area contributed by atoms with Crippen LogP contribution in [0.1, 0.15) is 17.5 Å². The SMILES string of the molecule is Cc1ccc(S(=O)(=O)N2CCCc3ccc(NC(=O)C(=O)Nc4ccc(N(C)C)cc4)cc32)cc1. The van der Waals surface area contributed by atoms with Crippen LogP contribution in [-0.4, -0.2) is 40.9 Å². The van der Waals surface area contributed by atoms with Gasteiger partial charge in [-0.2, -0.15) is 0 Å². The molecule has 0 spiro atoms. The highest BCUT2D eigenvalue weighted by Crippen LogP contribution is 2.34. The van der Waals surface area contributed by atoms with Crippen molar-refractivity contribution in [2.24, 2.45) is 0 Å². The number of rotatable bonds is 5. The number of fused-ring (bicyclic) bond motifs is 1. The Kier molecular flexibility index (Phi) is 6.79. The quantitative estimate of drug-likeness (QED) is 0.528. The van der Waals surface area contributed by atoms with Crippen molar-refractivity contribution in [3.05, 3.63) is 77.9 Å². The monoisotopic (exact) mass is 492 g/mol. The molecule has 1 aliphatic heterocycles. The molecule has 2 N–H and O–H groups in total. The first-order valence-corrected chi connectivity index (χ1v) is 12.7. The van der Waals surface area contributed by atoms with Gasteiger partial charge in [-0.05, 0) is 73.9 Å². The number of sulfonamides is 1. The summed E-state index contributed by atoms with van der Waals surface area (Å²) in [6, 6.07) is 18.9. The van der Waals surface area contributed by atoms with E-state index in [1.165, 1.54) is 4.31 Å². The number of carbonyl (C=O) groups excluding carboxylic acids is 2. The van der Waals surface area contributed by atoms with Gasteiger partial charge >= 0.3 is 11.8 Å². The van der Waals surface area contributed by atoms with Gasteiger partial charge in [0.05, 0.1) is 10.6 Å².